The Balaban J connectivity index is 1.88. The topological polar surface area (TPSA) is 15.3 Å². The number of likely N-dealkylation sites (tertiary alicyclic amines) is 1. The zero-order valence-corrected chi connectivity index (χ0v) is 12.7. The van der Waals surface area contributed by atoms with Crippen molar-refractivity contribution >= 4 is 0 Å². The zero-order valence-electron chi connectivity index (χ0n) is 12.7. The lowest BCUT2D eigenvalue weighted by atomic mass is 10.0. The van der Waals surface area contributed by atoms with E-state index in [-0.39, 0.29) is 12.6 Å². The van der Waals surface area contributed by atoms with Gasteiger partial charge in [-0.2, -0.15) is 13.2 Å². The van der Waals surface area contributed by atoms with E-state index in [1.54, 1.807) is 0 Å². The summed E-state index contributed by atoms with van der Waals surface area (Å²) in [6.07, 6.45) is -1.44. The second kappa shape index (κ2) is 7.42. The van der Waals surface area contributed by atoms with Crippen LogP contribution in [0, 0.1) is 5.82 Å². The van der Waals surface area contributed by atoms with E-state index in [4.69, 9.17) is 0 Å². The van der Waals surface area contributed by atoms with Crippen molar-refractivity contribution in [3.05, 3.63) is 35.1 Å². The fourth-order valence-corrected chi connectivity index (χ4v) is 2.86. The van der Waals surface area contributed by atoms with Gasteiger partial charge in [0.25, 0.3) is 0 Å². The quantitative estimate of drug-likeness (QED) is 0.831. The number of piperidine rings is 1. The molecular formula is C16H22F4N2. The van der Waals surface area contributed by atoms with Gasteiger partial charge in [0.05, 0.1) is 5.56 Å². The smallest absolute Gasteiger partial charge is 0.310 e. The minimum absolute atomic E-state index is 0.263. The Hall–Kier alpha value is -1.14. The average molecular weight is 318 g/mol. The first kappa shape index (κ1) is 17.2. The fourth-order valence-electron chi connectivity index (χ4n) is 2.86. The molecule has 0 bridgehead atoms. The van der Waals surface area contributed by atoms with Gasteiger partial charge in [0.2, 0.25) is 0 Å². The molecule has 1 fully saturated rings. The predicted molar refractivity (Wildman–Crippen MR) is 78.0 cm³/mol. The second-order valence-corrected chi connectivity index (χ2v) is 5.84. The molecule has 1 N–H and O–H groups in total. The molecule has 22 heavy (non-hydrogen) atoms. The summed E-state index contributed by atoms with van der Waals surface area (Å²) in [5.74, 6) is -0.843. The molecule has 0 aromatic heterocycles. The van der Waals surface area contributed by atoms with E-state index in [0.29, 0.717) is 11.6 Å². The highest BCUT2D eigenvalue weighted by molar-refractivity contribution is 5.26. The second-order valence-electron chi connectivity index (χ2n) is 5.84. The monoisotopic (exact) mass is 318 g/mol. The number of hydrogen-bond donors (Lipinski definition) is 1. The van der Waals surface area contributed by atoms with Gasteiger partial charge in [-0.1, -0.05) is 6.92 Å². The van der Waals surface area contributed by atoms with E-state index in [9.17, 15) is 17.6 Å². The third-order valence-corrected chi connectivity index (χ3v) is 4.01. The van der Waals surface area contributed by atoms with E-state index in [0.717, 1.165) is 51.0 Å². The van der Waals surface area contributed by atoms with Gasteiger partial charge in [-0.25, -0.2) is 4.39 Å². The van der Waals surface area contributed by atoms with Crippen LogP contribution in [-0.2, 0) is 12.7 Å². The number of hydrogen-bond acceptors (Lipinski definition) is 2. The van der Waals surface area contributed by atoms with Crippen LogP contribution >= 0.6 is 0 Å². The largest absolute Gasteiger partial charge is 0.416 e. The van der Waals surface area contributed by atoms with Crippen LogP contribution in [0.25, 0.3) is 0 Å². The van der Waals surface area contributed by atoms with Crippen LogP contribution in [-0.4, -0.2) is 30.6 Å². The molecule has 0 atom stereocenters. The van der Waals surface area contributed by atoms with Gasteiger partial charge in [-0.3, -0.25) is 0 Å². The Morgan fingerprint density at radius 3 is 2.45 bits per heavy atom. The highest BCUT2D eigenvalue weighted by Gasteiger charge is 2.31. The highest BCUT2D eigenvalue weighted by atomic mass is 19.4. The van der Waals surface area contributed by atoms with Crippen LogP contribution in [0.5, 0.6) is 0 Å². The standard InChI is InChI=1S/C16H22F4N2/c1-2-5-22-6-3-15(4-7-22)21-11-12-8-13(16(18,19)20)10-14(17)9-12/h8-10,15,21H,2-7,11H2,1H3. The maximum atomic E-state index is 13.3. The van der Waals surface area contributed by atoms with Gasteiger partial charge < -0.3 is 10.2 Å². The fraction of sp³-hybridized carbons (Fsp3) is 0.625. The summed E-state index contributed by atoms with van der Waals surface area (Å²) >= 11 is 0. The molecule has 6 heteroatoms. The van der Waals surface area contributed by atoms with Crippen molar-refractivity contribution in [3.8, 4) is 0 Å². The van der Waals surface area contributed by atoms with Gasteiger partial charge in [-0.15, -0.1) is 0 Å². The lowest BCUT2D eigenvalue weighted by Crippen LogP contribution is -2.42. The Morgan fingerprint density at radius 2 is 1.86 bits per heavy atom. The summed E-state index contributed by atoms with van der Waals surface area (Å²) in [5, 5.41) is 3.25. The molecule has 1 saturated heterocycles. The molecule has 124 valence electrons. The van der Waals surface area contributed by atoms with Crippen molar-refractivity contribution in [2.45, 2.75) is 44.9 Å². The van der Waals surface area contributed by atoms with E-state index in [1.165, 1.54) is 0 Å². The maximum absolute atomic E-state index is 13.3. The summed E-state index contributed by atoms with van der Waals surface area (Å²) < 4.78 is 51.3. The molecule has 0 unspecified atom stereocenters. The first-order chi connectivity index (χ1) is 10.4. The molecule has 2 nitrogen and oxygen atoms in total. The Labute approximate surface area is 128 Å². The summed E-state index contributed by atoms with van der Waals surface area (Å²) in [5.41, 5.74) is -0.592. The Morgan fingerprint density at radius 1 is 1.18 bits per heavy atom. The normalized spacial score (nSPS) is 17.9. The van der Waals surface area contributed by atoms with Crippen LogP contribution in [0.2, 0.25) is 0 Å². The molecule has 1 aliphatic heterocycles. The van der Waals surface area contributed by atoms with E-state index in [1.807, 2.05) is 0 Å². The molecule has 0 amide bonds. The van der Waals surface area contributed by atoms with Crippen molar-refractivity contribution in [1.29, 1.82) is 0 Å². The maximum Gasteiger partial charge on any atom is 0.416 e. The van der Waals surface area contributed by atoms with E-state index in [2.05, 4.69) is 17.1 Å². The molecule has 1 aromatic rings. The minimum atomic E-state index is -4.51. The first-order valence-corrected chi connectivity index (χ1v) is 7.71. The van der Waals surface area contributed by atoms with Gasteiger partial charge in [0.15, 0.2) is 0 Å². The summed E-state index contributed by atoms with van der Waals surface area (Å²) in [4.78, 5) is 2.39. The molecule has 1 aliphatic rings. The number of nitrogens with one attached hydrogen (secondary N) is 1. The number of halogens is 4. The van der Waals surface area contributed by atoms with Crippen LogP contribution in [0.4, 0.5) is 17.6 Å². The highest BCUT2D eigenvalue weighted by Crippen LogP contribution is 2.30. The van der Waals surface area contributed by atoms with Crippen molar-refractivity contribution in [1.82, 2.24) is 10.2 Å². The zero-order chi connectivity index (χ0) is 16.2. The number of rotatable bonds is 5. The molecule has 0 spiro atoms. The first-order valence-electron chi connectivity index (χ1n) is 7.71. The van der Waals surface area contributed by atoms with Gasteiger partial charge in [0.1, 0.15) is 5.82 Å². The van der Waals surface area contributed by atoms with Gasteiger partial charge in [0, 0.05) is 12.6 Å². The predicted octanol–water partition coefficient (Wildman–Crippen LogP) is 3.81. The third kappa shape index (κ3) is 4.95. The summed E-state index contributed by atoms with van der Waals surface area (Å²) in [6.45, 7) is 5.50. The SMILES string of the molecule is CCCN1CCC(NCc2cc(F)cc(C(F)(F)F)c2)CC1. The van der Waals surface area contributed by atoms with Gasteiger partial charge >= 0.3 is 6.18 Å². The van der Waals surface area contributed by atoms with Crippen molar-refractivity contribution in [3.63, 3.8) is 0 Å². The minimum Gasteiger partial charge on any atom is -0.310 e. The molecule has 1 heterocycles. The van der Waals surface area contributed by atoms with Crippen LogP contribution in [0.15, 0.2) is 18.2 Å². The number of benzene rings is 1. The van der Waals surface area contributed by atoms with Crippen molar-refractivity contribution in [2.75, 3.05) is 19.6 Å². The van der Waals surface area contributed by atoms with Crippen LogP contribution in [0.3, 0.4) is 0 Å². The summed E-state index contributed by atoms with van der Waals surface area (Å²) in [7, 11) is 0. The molecule has 1 aromatic carbocycles. The van der Waals surface area contributed by atoms with E-state index >= 15 is 0 Å². The molecular weight excluding hydrogens is 296 g/mol. The molecule has 0 saturated carbocycles. The molecule has 0 aliphatic carbocycles. The lowest BCUT2D eigenvalue weighted by Gasteiger charge is -2.32. The Kier molecular flexibility index (Phi) is 5.81. The molecule has 2 rings (SSSR count). The van der Waals surface area contributed by atoms with Crippen molar-refractivity contribution < 1.29 is 17.6 Å². The van der Waals surface area contributed by atoms with Gasteiger partial charge in [-0.05, 0) is 62.7 Å². The van der Waals surface area contributed by atoms with E-state index < -0.39 is 17.6 Å². The van der Waals surface area contributed by atoms with Crippen molar-refractivity contribution in [2.24, 2.45) is 0 Å². The van der Waals surface area contributed by atoms with Crippen LogP contribution < -0.4 is 5.32 Å². The summed E-state index contributed by atoms with van der Waals surface area (Å²) in [6, 6.07) is 2.99. The lowest BCUT2D eigenvalue weighted by molar-refractivity contribution is -0.137. The number of nitrogens with zero attached hydrogens (tertiary/aromatic N) is 1. The third-order valence-electron chi connectivity index (χ3n) is 4.01. The average Bonchev–Trinajstić information content (AvgIpc) is 2.45. The van der Waals surface area contributed by atoms with Crippen LogP contribution in [0.1, 0.15) is 37.3 Å². The number of alkyl halides is 3. The Bertz CT molecular complexity index is 480. The molecule has 0 radical (unpaired) electrons.